The maximum absolute atomic E-state index is 13.8. The summed E-state index contributed by atoms with van der Waals surface area (Å²) in [6, 6.07) is 5.78. The van der Waals surface area contributed by atoms with Gasteiger partial charge in [0.1, 0.15) is 5.82 Å². The number of guanidine groups is 1. The van der Waals surface area contributed by atoms with Crippen molar-refractivity contribution in [3.8, 4) is 0 Å². The highest BCUT2D eigenvalue weighted by Crippen LogP contribution is 2.17. The standard InChI is InChI=1S/C17H27FN4S.HI/c1-19-17(21-15-5-4-8-23-12-15)20-10-13-6-7-16(18)14(9-13)11-22(2)3;/h6-7,9,15H,4-5,8,10-12H2,1-3H3,(H2,19,20,21);1H. The van der Waals surface area contributed by atoms with Crippen LogP contribution in [0.2, 0.25) is 0 Å². The smallest absolute Gasteiger partial charge is 0.191 e. The number of rotatable bonds is 5. The van der Waals surface area contributed by atoms with Gasteiger partial charge in [0.2, 0.25) is 0 Å². The fraction of sp³-hybridized carbons (Fsp3) is 0.588. The largest absolute Gasteiger partial charge is 0.353 e. The second-order valence-corrected chi connectivity index (χ2v) is 7.30. The lowest BCUT2D eigenvalue weighted by Crippen LogP contribution is -2.45. The van der Waals surface area contributed by atoms with Crippen LogP contribution in [-0.4, -0.2) is 49.6 Å². The van der Waals surface area contributed by atoms with Crippen LogP contribution >= 0.6 is 35.7 Å². The lowest BCUT2D eigenvalue weighted by atomic mass is 10.1. The molecule has 0 saturated carbocycles. The third kappa shape index (κ3) is 7.14. The first-order chi connectivity index (χ1) is 11.1. The first-order valence-electron chi connectivity index (χ1n) is 8.05. The van der Waals surface area contributed by atoms with Gasteiger partial charge >= 0.3 is 0 Å². The molecule has 1 unspecified atom stereocenters. The van der Waals surface area contributed by atoms with Gasteiger partial charge in [-0.25, -0.2) is 4.39 Å². The minimum Gasteiger partial charge on any atom is -0.353 e. The summed E-state index contributed by atoms with van der Waals surface area (Å²) in [6.45, 7) is 1.24. The zero-order chi connectivity index (χ0) is 16.7. The monoisotopic (exact) mass is 466 g/mol. The molecule has 136 valence electrons. The zero-order valence-corrected chi connectivity index (χ0v) is 17.8. The van der Waals surface area contributed by atoms with Crippen molar-refractivity contribution in [2.45, 2.75) is 32.0 Å². The molecular weight excluding hydrogens is 438 g/mol. The molecule has 1 aliphatic rings. The van der Waals surface area contributed by atoms with Gasteiger partial charge < -0.3 is 15.5 Å². The van der Waals surface area contributed by atoms with Crippen molar-refractivity contribution in [2.75, 3.05) is 32.6 Å². The molecule has 0 bridgehead atoms. The molecule has 1 aliphatic heterocycles. The summed E-state index contributed by atoms with van der Waals surface area (Å²) in [5.74, 6) is 3.05. The molecule has 1 aromatic rings. The molecule has 1 fully saturated rings. The highest BCUT2D eigenvalue weighted by molar-refractivity contribution is 14.0. The summed E-state index contributed by atoms with van der Waals surface area (Å²) in [5, 5.41) is 6.80. The van der Waals surface area contributed by atoms with Crippen LogP contribution in [0.3, 0.4) is 0 Å². The highest BCUT2D eigenvalue weighted by atomic mass is 127. The van der Waals surface area contributed by atoms with Gasteiger partial charge in [0.15, 0.2) is 5.96 Å². The molecule has 0 radical (unpaired) electrons. The van der Waals surface area contributed by atoms with Crippen molar-refractivity contribution in [3.63, 3.8) is 0 Å². The minimum absolute atomic E-state index is 0. The molecule has 4 nitrogen and oxygen atoms in total. The van der Waals surface area contributed by atoms with Crippen LogP contribution in [0.15, 0.2) is 23.2 Å². The van der Waals surface area contributed by atoms with E-state index in [2.05, 4.69) is 15.6 Å². The van der Waals surface area contributed by atoms with E-state index in [0.29, 0.717) is 19.1 Å². The van der Waals surface area contributed by atoms with Crippen molar-refractivity contribution >= 4 is 41.7 Å². The molecule has 7 heteroatoms. The Kier molecular flexibility index (Phi) is 9.99. The van der Waals surface area contributed by atoms with Crippen LogP contribution in [0.5, 0.6) is 0 Å². The van der Waals surface area contributed by atoms with Crippen LogP contribution in [-0.2, 0) is 13.1 Å². The van der Waals surface area contributed by atoms with E-state index in [9.17, 15) is 4.39 Å². The second-order valence-electron chi connectivity index (χ2n) is 6.15. The van der Waals surface area contributed by atoms with E-state index in [-0.39, 0.29) is 29.8 Å². The van der Waals surface area contributed by atoms with Gasteiger partial charge in [-0.05, 0) is 50.4 Å². The Balaban J connectivity index is 0.00000288. The topological polar surface area (TPSA) is 39.7 Å². The predicted molar refractivity (Wildman–Crippen MR) is 113 cm³/mol. The molecule has 2 rings (SSSR count). The van der Waals surface area contributed by atoms with Crippen molar-refractivity contribution in [3.05, 3.63) is 35.1 Å². The van der Waals surface area contributed by atoms with E-state index in [1.165, 1.54) is 18.6 Å². The van der Waals surface area contributed by atoms with Crippen LogP contribution < -0.4 is 10.6 Å². The zero-order valence-electron chi connectivity index (χ0n) is 14.6. The molecule has 0 spiro atoms. The average Bonchev–Trinajstić information content (AvgIpc) is 2.54. The quantitative estimate of drug-likeness (QED) is 0.398. The predicted octanol–water partition coefficient (Wildman–Crippen LogP) is 3.07. The van der Waals surface area contributed by atoms with Crippen LogP contribution in [0.1, 0.15) is 24.0 Å². The van der Waals surface area contributed by atoms with Crippen molar-refractivity contribution < 1.29 is 4.39 Å². The molecule has 1 heterocycles. The molecule has 1 atom stereocenters. The number of hydrogen-bond donors (Lipinski definition) is 2. The Morgan fingerprint density at radius 2 is 2.21 bits per heavy atom. The van der Waals surface area contributed by atoms with Gasteiger partial charge in [0, 0.05) is 37.5 Å². The van der Waals surface area contributed by atoms with Gasteiger partial charge in [0.25, 0.3) is 0 Å². The Morgan fingerprint density at radius 3 is 2.83 bits per heavy atom. The number of nitrogens with zero attached hydrogens (tertiary/aromatic N) is 2. The number of halogens is 2. The maximum atomic E-state index is 13.8. The summed E-state index contributed by atoms with van der Waals surface area (Å²) in [6.07, 6.45) is 2.45. The van der Waals surface area contributed by atoms with E-state index in [4.69, 9.17) is 0 Å². The van der Waals surface area contributed by atoms with Gasteiger partial charge in [0.05, 0.1) is 0 Å². The Labute approximate surface area is 166 Å². The van der Waals surface area contributed by atoms with E-state index in [1.54, 1.807) is 13.1 Å². The first-order valence-corrected chi connectivity index (χ1v) is 9.21. The van der Waals surface area contributed by atoms with E-state index < -0.39 is 0 Å². The summed E-state index contributed by atoms with van der Waals surface area (Å²) in [5.41, 5.74) is 1.78. The first kappa shape index (κ1) is 21.5. The number of benzene rings is 1. The molecule has 2 N–H and O–H groups in total. The number of hydrogen-bond acceptors (Lipinski definition) is 3. The van der Waals surface area contributed by atoms with Crippen molar-refractivity contribution in [1.82, 2.24) is 15.5 Å². The number of nitrogens with one attached hydrogen (secondary N) is 2. The third-order valence-electron chi connectivity index (χ3n) is 3.78. The SMILES string of the molecule is CN=C(NCc1ccc(F)c(CN(C)C)c1)NC1CCCSC1.I. The number of aliphatic imine (C=N–C) groups is 1. The fourth-order valence-corrected chi connectivity index (χ4v) is 3.70. The number of thioether (sulfide) groups is 1. The summed E-state index contributed by atoms with van der Waals surface area (Å²) in [4.78, 5) is 6.26. The third-order valence-corrected chi connectivity index (χ3v) is 5.00. The van der Waals surface area contributed by atoms with E-state index in [0.717, 1.165) is 22.8 Å². The van der Waals surface area contributed by atoms with Gasteiger partial charge in [-0.15, -0.1) is 24.0 Å². The van der Waals surface area contributed by atoms with Crippen molar-refractivity contribution in [2.24, 2.45) is 4.99 Å². The minimum atomic E-state index is -0.149. The summed E-state index contributed by atoms with van der Waals surface area (Å²) >= 11 is 1.99. The molecule has 0 aliphatic carbocycles. The molecule has 1 aromatic carbocycles. The Hall–Kier alpha value is -0.540. The Morgan fingerprint density at radius 1 is 1.42 bits per heavy atom. The average molecular weight is 466 g/mol. The maximum Gasteiger partial charge on any atom is 0.191 e. The normalized spacial score (nSPS) is 18.2. The fourth-order valence-electron chi connectivity index (χ4n) is 2.63. The van der Waals surface area contributed by atoms with Gasteiger partial charge in [-0.3, -0.25) is 4.99 Å². The highest BCUT2D eigenvalue weighted by Gasteiger charge is 2.14. The second kappa shape index (κ2) is 11.1. The molecule has 0 aromatic heterocycles. The molecule has 0 amide bonds. The van der Waals surface area contributed by atoms with Crippen LogP contribution in [0.25, 0.3) is 0 Å². The van der Waals surface area contributed by atoms with E-state index >= 15 is 0 Å². The summed E-state index contributed by atoms with van der Waals surface area (Å²) in [7, 11) is 5.67. The lowest BCUT2D eigenvalue weighted by molar-refractivity contribution is 0.392. The molecule has 24 heavy (non-hydrogen) atoms. The summed E-state index contributed by atoms with van der Waals surface area (Å²) < 4.78 is 13.8. The Bertz CT molecular complexity index is 533. The van der Waals surface area contributed by atoms with Gasteiger partial charge in [-0.1, -0.05) is 6.07 Å². The molecular formula is C17H28FIN4S. The van der Waals surface area contributed by atoms with Crippen LogP contribution in [0, 0.1) is 5.82 Å². The van der Waals surface area contributed by atoms with E-state index in [1.807, 2.05) is 42.9 Å². The van der Waals surface area contributed by atoms with Gasteiger partial charge in [-0.2, -0.15) is 11.8 Å². The van der Waals surface area contributed by atoms with Crippen LogP contribution in [0.4, 0.5) is 4.39 Å². The molecule has 1 saturated heterocycles. The lowest BCUT2D eigenvalue weighted by Gasteiger charge is -2.24. The van der Waals surface area contributed by atoms with Crippen molar-refractivity contribution in [1.29, 1.82) is 0 Å².